The second kappa shape index (κ2) is 8.02. The molecule has 2 aromatic heterocycles. The lowest BCUT2D eigenvalue weighted by Gasteiger charge is -2.04. The number of amides is 2. The van der Waals surface area contributed by atoms with Crippen molar-refractivity contribution in [3.63, 3.8) is 0 Å². The zero-order chi connectivity index (χ0) is 18.4. The van der Waals surface area contributed by atoms with E-state index in [0.29, 0.717) is 13.0 Å². The highest BCUT2D eigenvalue weighted by Crippen LogP contribution is 2.12. The average Bonchev–Trinajstić information content (AvgIpc) is 3.34. The highest BCUT2D eigenvalue weighted by molar-refractivity contribution is 6.01. The van der Waals surface area contributed by atoms with Crippen molar-refractivity contribution in [1.82, 2.24) is 10.3 Å². The van der Waals surface area contributed by atoms with Gasteiger partial charge in [0.1, 0.15) is 12.0 Å². The van der Waals surface area contributed by atoms with Crippen molar-refractivity contribution in [1.29, 1.82) is 0 Å². The highest BCUT2D eigenvalue weighted by atomic mass is 16.5. The first-order valence-corrected chi connectivity index (χ1v) is 7.87. The Morgan fingerprint density at radius 1 is 1.12 bits per heavy atom. The van der Waals surface area contributed by atoms with Crippen LogP contribution in [0.15, 0.2) is 57.8 Å². The van der Waals surface area contributed by atoms with Gasteiger partial charge >= 0.3 is 6.01 Å². The van der Waals surface area contributed by atoms with E-state index in [4.69, 9.17) is 13.6 Å². The number of furan rings is 1. The molecule has 0 aliphatic carbocycles. The molecule has 2 heterocycles. The molecule has 2 N–H and O–H groups in total. The summed E-state index contributed by atoms with van der Waals surface area (Å²) < 4.78 is 15.1. The van der Waals surface area contributed by atoms with Gasteiger partial charge in [-0.3, -0.25) is 14.9 Å². The fourth-order valence-electron chi connectivity index (χ4n) is 2.21. The molecular weight excluding hydrogens is 338 g/mol. The molecule has 0 saturated carbocycles. The Kier molecular flexibility index (Phi) is 5.33. The SMILES string of the molecule is COc1ccc(CCNC(=O)c2coc(NC(=O)c3ccco3)n2)cc1. The molecule has 0 bridgehead atoms. The standard InChI is InChI=1S/C18H17N3O5/c1-24-13-6-4-12(5-7-13)8-9-19-16(22)14-11-26-18(20-14)21-17(23)15-3-2-10-25-15/h2-7,10-11H,8-9H2,1H3,(H,19,22)(H,20,21,23). The number of methoxy groups -OCH3 is 1. The fourth-order valence-corrected chi connectivity index (χ4v) is 2.21. The molecule has 134 valence electrons. The molecule has 0 spiro atoms. The lowest BCUT2D eigenvalue weighted by molar-refractivity contribution is 0.0947. The molecule has 2 amide bonds. The number of nitrogens with zero attached hydrogens (tertiary/aromatic N) is 1. The normalized spacial score (nSPS) is 10.3. The van der Waals surface area contributed by atoms with Gasteiger partial charge in [0.05, 0.1) is 13.4 Å². The van der Waals surface area contributed by atoms with Gasteiger partial charge in [0.25, 0.3) is 11.8 Å². The van der Waals surface area contributed by atoms with Crippen LogP contribution in [0.2, 0.25) is 0 Å². The Labute approximate surface area is 149 Å². The summed E-state index contributed by atoms with van der Waals surface area (Å²) in [5.74, 6) is 0.00211. The summed E-state index contributed by atoms with van der Waals surface area (Å²) in [6.07, 6.45) is 3.22. The van der Waals surface area contributed by atoms with E-state index in [1.807, 2.05) is 24.3 Å². The van der Waals surface area contributed by atoms with E-state index in [9.17, 15) is 9.59 Å². The van der Waals surface area contributed by atoms with Gasteiger partial charge in [-0.15, -0.1) is 0 Å². The Morgan fingerprint density at radius 3 is 2.62 bits per heavy atom. The van der Waals surface area contributed by atoms with Crippen LogP contribution in [0.1, 0.15) is 26.6 Å². The van der Waals surface area contributed by atoms with Crippen molar-refractivity contribution >= 4 is 17.8 Å². The van der Waals surface area contributed by atoms with Crippen molar-refractivity contribution in [2.24, 2.45) is 0 Å². The third kappa shape index (κ3) is 4.29. The summed E-state index contributed by atoms with van der Waals surface area (Å²) >= 11 is 0. The van der Waals surface area contributed by atoms with Gasteiger partial charge in [0, 0.05) is 6.54 Å². The second-order valence-electron chi connectivity index (χ2n) is 5.32. The minimum absolute atomic E-state index is 0.0771. The molecule has 0 saturated heterocycles. The maximum Gasteiger partial charge on any atom is 0.302 e. The lowest BCUT2D eigenvalue weighted by atomic mass is 10.1. The van der Waals surface area contributed by atoms with Crippen molar-refractivity contribution in [3.8, 4) is 5.75 Å². The second-order valence-corrected chi connectivity index (χ2v) is 5.32. The predicted molar refractivity (Wildman–Crippen MR) is 92.2 cm³/mol. The summed E-state index contributed by atoms with van der Waals surface area (Å²) in [5, 5.41) is 5.16. The van der Waals surface area contributed by atoms with E-state index in [1.54, 1.807) is 13.2 Å². The van der Waals surface area contributed by atoms with E-state index in [-0.39, 0.29) is 23.4 Å². The summed E-state index contributed by atoms with van der Waals surface area (Å²) in [7, 11) is 1.61. The number of carbonyl (C=O) groups excluding carboxylic acids is 2. The summed E-state index contributed by atoms with van der Waals surface area (Å²) in [6, 6.07) is 10.6. The molecule has 3 rings (SSSR count). The van der Waals surface area contributed by atoms with Gasteiger partial charge in [-0.2, -0.15) is 4.98 Å². The van der Waals surface area contributed by atoms with Gasteiger partial charge < -0.3 is 18.9 Å². The molecule has 1 aromatic carbocycles. The van der Waals surface area contributed by atoms with E-state index in [1.165, 1.54) is 18.6 Å². The molecule has 0 fully saturated rings. The molecule has 8 nitrogen and oxygen atoms in total. The number of aromatic nitrogens is 1. The zero-order valence-electron chi connectivity index (χ0n) is 14.0. The molecule has 0 radical (unpaired) electrons. The van der Waals surface area contributed by atoms with Crippen LogP contribution >= 0.6 is 0 Å². The topological polar surface area (TPSA) is 107 Å². The molecule has 3 aromatic rings. The predicted octanol–water partition coefficient (Wildman–Crippen LogP) is 2.50. The van der Waals surface area contributed by atoms with Crippen molar-refractivity contribution in [3.05, 3.63) is 65.9 Å². The van der Waals surface area contributed by atoms with Crippen LogP contribution in [0.3, 0.4) is 0 Å². The molecule has 0 aliphatic rings. The Hall–Kier alpha value is -3.55. The first-order valence-electron chi connectivity index (χ1n) is 7.87. The van der Waals surface area contributed by atoms with Gasteiger partial charge in [-0.25, -0.2) is 0 Å². The summed E-state index contributed by atoms with van der Waals surface area (Å²) in [5.41, 5.74) is 1.15. The van der Waals surface area contributed by atoms with Crippen molar-refractivity contribution in [2.45, 2.75) is 6.42 Å². The minimum Gasteiger partial charge on any atom is -0.497 e. The van der Waals surface area contributed by atoms with E-state index >= 15 is 0 Å². The molecule has 8 heteroatoms. The first-order chi connectivity index (χ1) is 12.7. The largest absolute Gasteiger partial charge is 0.497 e. The smallest absolute Gasteiger partial charge is 0.302 e. The van der Waals surface area contributed by atoms with Crippen LogP contribution in [0.25, 0.3) is 0 Å². The number of oxazole rings is 1. The number of nitrogens with one attached hydrogen (secondary N) is 2. The van der Waals surface area contributed by atoms with Gasteiger partial charge in [-0.1, -0.05) is 12.1 Å². The third-order valence-corrected chi connectivity index (χ3v) is 3.56. The number of anilines is 1. The molecule has 26 heavy (non-hydrogen) atoms. The molecular formula is C18H17N3O5. The first kappa shape index (κ1) is 17.3. The number of hydrogen-bond donors (Lipinski definition) is 2. The fraction of sp³-hybridized carbons (Fsp3) is 0.167. The summed E-state index contributed by atoms with van der Waals surface area (Å²) in [4.78, 5) is 27.8. The zero-order valence-corrected chi connectivity index (χ0v) is 14.0. The van der Waals surface area contributed by atoms with Crippen LogP contribution in [0.4, 0.5) is 6.01 Å². The summed E-state index contributed by atoms with van der Waals surface area (Å²) in [6.45, 7) is 0.437. The Balaban J connectivity index is 1.49. The molecule has 0 unspecified atom stereocenters. The van der Waals surface area contributed by atoms with E-state index in [2.05, 4.69) is 15.6 Å². The highest BCUT2D eigenvalue weighted by Gasteiger charge is 2.15. The number of hydrogen-bond acceptors (Lipinski definition) is 6. The van der Waals surface area contributed by atoms with E-state index in [0.717, 1.165) is 11.3 Å². The number of carbonyl (C=O) groups is 2. The minimum atomic E-state index is -0.511. The van der Waals surface area contributed by atoms with Crippen LogP contribution in [-0.2, 0) is 6.42 Å². The maximum absolute atomic E-state index is 12.1. The number of ether oxygens (including phenoxy) is 1. The van der Waals surface area contributed by atoms with Gasteiger partial charge in [0.15, 0.2) is 11.5 Å². The number of rotatable bonds is 7. The third-order valence-electron chi connectivity index (χ3n) is 3.56. The monoisotopic (exact) mass is 355 g/mol. The molecule has 0 aliphatic heterocycles. The average molecular weight is 355 g/mol. The maximum atomic E-state index is 12.1. The van der Waals surface area contributed by atoms with Gasteiger partial charge in [-0.05, 0) is 36.2 Å². The van der Waals surface area contributed by atoms with Crippen molar-refractivity contribution < 1.29 is 23.2 Å². The Bertz CT molecular complexity index is 869. The van der Waals surface area contributed by atoms with E-state index < -0.39 is 5.91 Å². The number of benzene rings is 1. The molecule has 0 atom stereocenters. The van der Waals surface area contributed by atoms with Gasteiger partial charge in [0.2, 0.25) is 0 Å². The lowest BCUT2D eigenvalue weighted by Crippen LogP contribution is -2.26. The van der Waals surface area contributed by atoms with Crippen molar-refractivity contribution in [2.75, 3.05) is 19.0 Å². The Morgan fingerprint density at radius 2 is 1.92 bits per heavy atom. The van der Waals surface area contributed by atoms with Crippen LogP contribution in [0, 0.1) is 0 Å². The van der Waals surface area contributed by atoms with Crippen LogP contribution < -0.4 is 15.4 Å². The van der Waals surface area contributed by atoms with Crippen LogP contribution in [-0.4, -0.2) is 30.5 Å². The van der Waals surface area contributed by atoms with Crippen LogP contribution in [0.5, 0.6) is 5.75 Å². The quantitative estimate of drug-likeness (QED) is 0.674.